The average Bonchev–Trinajstić information content (AvgIpc) is 2.67. The number of hydrogen-bond donors (Lipinski definition) is 5. The maximum absolute atomic E-state index is 12.0. The zero-order chi connectivity index (χ0) is 19.6. The summed E-state index contributed by atoms with van der Waals surface area (Å²) < 4.78 is 4.97. The molecule has 9 heteroatoms. The SMILES string of the molecule is O=C(N[C@@H](CO)C(=O)N/N=C/c1cc(O)ccc1O)OCc1ccccc1. The number of nitrogens with one attached hydrogen (secondary N) is 2. The minimum atomic E-state index is -1.27. The number of phenolic OH excluding ortho intramolecular Hbond substituents is 2. The summed E-state index contributed by atoms with van der Waals surface area (Å²) in [6.07, 6.45) is 0.234. The number of phenols is 2. The first-order valence-electron chi connectivity index (χ1n) is 7.92. The van der Waals surface area contributed by atoms with Crippen LogP contribution in [0, 0.1) is 0 Å². The summed E-state index contributed by atoms with van der Waals surface area (Å²) in [4.78, 5) is 23.7. The summed E-state index contributed by atoms with van der Waals surface area (Å²) in [6, 6.07) is 11.5. The van der Waals surface area contributed by atoms with Crippen LogP contribution in [0.5, 0.6) is 11.5 Å². The number of aliphatic hydroxyl groups excluding tert-OH is 1. The maximum atomic E-state index is 12.0. The number of aromatic hydroxyl groups is 2. The Balaban J connectivity index is 1.84. The summed E-state index contributed by atoms with van der Waals surface area (Å²) in [5.41, 5.74) is 3.06. The molecule has 27 heavy (non-hydrogen) atoms. The molecule has 2 rings (SSSR count). The van der Waals surface area contributed by atoms with Crippen LogP contribution in [0.4, 0.5) is 4.79 Å². The third-order valence-corrected chi connectivity index (χ3v) is 3.39. The minimum absolute atomic E-state index is 0.0152. The Hall–Kier alpha value is -3.59. The summed E-state index contributed by atoms with van der Waals surface area (Å²) in [5, 5.41) is 34.1. The monoisotopic (exact) mass is 373 g/mol. The van der Waals surface area contributed by atoms with E-state index in [1.54, 1.807) is 24.3 Å². The first-order chi connectivity index (χ1) is 13.0. The number of aliphatic hydroxyl groups is 1. The van der Waals surface area contributed by atoms with Gasteiger partial charge in [0.25, 0.3) is 5.91 Å². The Bertz CT molecular complexity index is 810. The van der Waals surface area contributed by atoms with Crippen LogP contribution in [0.1, 0.15) is 11.1 Å². The van der Waals surface area contributed by atoms with Gasteiger partial charge in [0.05, 0.1) is 12.8 Å². The third-order valence-electron chi connectivity index (χ3n) is 3.39. The van der Waals surface area contributed by atoms with Crippen molar-refractivity contribution in [3.05, 3.63) is 59.7 Å². The smallest absolute Gasteiger partial charge is 0.408 e. The van der Waals surface area contributed by atoms with Crippen LogP contribution in [0.2, 0.25) is 0 Å². The molecule has 0 aliphatic carbocycles. The van der Waals surface area contributed by atoms with Gasteiger partial charge in [0.1, 0.15) is 24.1 Å². The van der Waals surface area contributed by atoms with Crippen molar-refractivity contribution < 1.29 is 29.6 Å². The van der Waals surface area contributed by atoms with Gasteiger partial charge in [-0.25, -0.2) is 10.2 Å². The summed E-state index contributed by atoms with van der Waals surface area (Å²) in [6.45, 7) is -0.652. The fourth-order valence-electron chi connectivity index (χ4n) is 1.99. The number of nitrogens with zero attached hydrogens (tertiary/aromatic N) is 1. The number of benzene rings is 2. The zero-order valence-corrected chi connectivity index (χ0v) is 14.2. The third kappa shape index (κ3) is 6.33. The number of carbonyl (C=O) groups is 2. The molecule has 0 aliphatic rings. The topological polar surface area (TPSA) is 140 Å². The van der Waals surface area contributed by atoms with Crippen LogP contribution in [0.3, 0.4) is 0 Å². The predicted molar refractivity (Wildman–Crippen MR) is 96.1 cm³/mol. The van der Waals surface area contributed by atoms with Gasteiger partial charge in [0.15, 0.2) is 0 Å². The Morgan fingerprint density at radius 1 is 1.15 bits per heavy atom. The van der Waals surface area contributed by atoms with Crippen molar-refractivity contribution in [1.82, 2.24) is 10.7 Å². The summed E-state index contributed by atoms with van der Waals surface area (Å²) in [5.74, 6) is -1.02. The largest absolute Gasteiger partial charge is 0.508 e. The maximum Gasteiger partial charge on any atom is 0.408 e. The van der Waals surface area contributed by atoms with E-state index in [4.69, 9.17) is 4.74 Å². The number of rotatable bonds is 7. The number of hydrazone groups is 1. The molecule has 2 amide bonds. The molecule has 0 unspecified atom stereocenters. The number of hydrogen-bond acceptors (Lipinski definition) is 7. The van der Waals surface area contributed by atoms with E-state index < -0.39 is 24.6 Å². The molecule has 0 saturated carbocycles. The second-order valence-corrected chi connectivity index (χ2v) is 5.42. The van der Waals surface area contributed by atoms with Crippen molar-refractivity contribution in [2.45, 2.75) is 12.6 Å². The molecule has 0 aliphatic heterocycles. The van der Waals surface area contributed by atoms with Crippen molar-refractivity contribution in [1.29, 1.82) is 0 Å². The number of ether oxygens (including phenoxy) is 1. The van der Waals surface area contributed by atoms with Crippen LogP contribution < -0.4 is 10.7 Å². The van der Waals surface area contributed by atoms with Crippen LogP contribution in [-0.4, -0.2) is 46.2 Å². The molecule has 2 aromatic rings. The van der Waals surface area contributed by atoms with Gasteiger partial charge in [0.2, 0.25) is 0 Å². The Morgan fingerprint density at radius 2 is 1.89 bits per heavy atom. The highest BCUT2D eigenvalue weighted by Crippen LogP contribution is 2.19. The molecule has 0 radical (unpaired) electrons. The van der Waals surface area contributed by atoms with Gasteiger partial charge in [-0.05, 0) is 23.8 Å². The lowest BCUT2D eigenvalue weighted by atomic mass is 10.2. The number of carbonyl (C=O) groups excluding carboxylic acids is 2. The van der Waals surface area contributed by atoms with E-state index in [0.717, 1.165) is 11.8 Å². The molecule has 142 valence electrons. The average molecular weight is 373 g/mol. The first kappa shape index (κ1) is 19.7. The van der Waals surface area contributed by atoms with Crippen molar-refractivity contribution in [2.75, 3.05) is 6.61 Å². The van der Waals surface area contributed by atoms with Crippen molar-refractivity contribution >= 4 is 18.2 Å². The predicted octanol–water partition coefficient (Wildman–Crippen LogP) is 0.835. The van der Waals surface area contributed by atoms with Gasteiger partial charge < -0.3 is 25.4 Å². The lowest BCUT2D eigenvalue weighted by molar-refractivity contribution is -0.123. The standard InChI is InChI=1S/C18H19N3O6/c22-10-15(20-18(26)27-11-12-4-2-1-3-5-12)17(25)21-19-9-13-8-14(23)6-7-16(13)24/h1-9,15,22-24H,10-11H2,(H,20,26)(H,21,25)/b19-9+/t15-/m0/s1. The lowest BCUT2D eigenvalue weighted by Crippen LogP contribution is -2.47. The Morgan fingerprint density at radius 3 is 2.59 bits per heavy atom. The van der Waals surface area contributed by atoms with E-state index in [1.807, 2.05) is 6.07 Å². The molecule has 0 bridgehead atoms. The van der Waals surface area contributed by atoms with Gasteiger partial charge >= 0.3 is 6.09 Å². The van der Waals surface area contributed by atoms with Gasteiger partial charge in [-0.15, -0.1) is 0 Å². The van der Waals surface area contributed by atoms with E-state index in [2.05, 4.69) is 15.8 Å². The van der Waals surface area contributed by atoms with E-state index in [-0.39, 0.29) is 23.7 Å². The molecule has 0 spiro atoms. The molecule has 0 heterocycles. The summed E-state index contributed by atoms with van der Waals surface area (Å²) in [7, 11) is 0. The van der Waals surface area contributed by atoms with E-state index in [1.165, 1.54) is 18.2 Å². The highest BCUT2D eigenvalue weighted by molar-refractivity contribution is 5.88. The highest BCUT2D eigenvalue weighted by atomic mass is 16.5. The van der Waals surface area contributed by atoms with Crippen LogP contribution >= 0.6 is 0 Å². The minimum Gasteiger partial charge on any atom is -0.508 e. The fourth-order valence-corrected chi connectivity index (χ4v) is 1.99. The molecule has 0 aromatic heterocycles. The number of alkyl carbamates (subject to hydrolysis) is 1. The normalized spacial score (nSPS) is 11.7. The molecular formula is C18H19N3O6. The molecule has 2 aromatic carbocycles. The second-order valence-electron chi connectivity index (χ2n) is 5.42. The van der Waals surface area contributed by atoms with Gasteiger partial charge in [-0.2, -0.15) is 5.10 Å². The van der Waals surface area contributed by atoms with E-state index >= 15 is 0 Å². The molecular weight excluding hydrogens is 354 g/mol. The number of amides is 2. The zero-order valence-electron chi connectivity index (χ0n) is 14.2. The quantitative estimate of drug-likeness (QED) is 0.277. The molecule has 0 saturated heterocycles. The first-order valence-corrected chi connectivity index (χ1v) is 7.92. The second kappa shape index (κ2) is 9.78. The van der Waals surface area contributed by atoms with E-state index in [9.17, 15) is 24.9 Å². The fraction of sp³-hybridized carbons (Fsp3) is 0.167. The van der Waals surface area contributed by atoms with Gasteiger partial charge in [0, 0.05) is 5.56 Å². The molecule has 9 nitrogen and oxygen atoms in total. The van der Waals surface area contributed by atoms with Crippen LogP contribution in [0.15, 0.2) is 53.6 Å². The Labute approximate surface area is 154 Å². The Kier molecular flexibility index (Phi) is 7.15. The van der Waals surface area contributed by atoms with Gasteiger partial charge in [-0.1, -0.05) is 30.3 Å². The van der Waals surface area contributed by atoms with Crippen molar-refractivity contribution in [3.8, 4) is 11.5 Å². The van der Waals surface area contributed by atoms with Crippen LogP contribution in [-0.2, 0) is 16.1 Å². The van der Waals surface area contributed by atoms with Crippen molar-refractivity contribution in [3.63, 3.8) is 0 Å². The highest BCUT2D eigenvalue weighted by Gasteiger charge is 2.20. The van der Waals surface area contributed by atoms with Crippen LogP contribution in [0.25, 0.3) is 0 Å². The molecule has 5 N–H and O–H groups in total. The van der Waals surface area contributed by atoms with Crippen molar-refractivity contribution in [2.24, 2.45) is 5.10 Å². The van der Waals surface area contributed by atoms with Gasteiger partial charge in [-0.3, -0.25) is 4.79 Å². The molecule has 1 atom stereocenters. The van der Waals surface area contributed by atoms with E-state index in [0.29, 0.717) is 0 Å². The summed E-state index contributed by atoms with van der Waals surface area (Å²) >= 11 is 0. The lowest BCUT2D eigenvalue weighted by Gasteiger charge is -2.14. The molecule has 0 fully saturated rings.